The summed E-state index contributed by atoms with van der Waals surface area (Å²) in [5.74, 6) is 2.97. The van der Waals surface area contributed by atoms with Gasteiger partial charge in [0.2, 0.25) is 11.9 Å². The van der Waals surface area contributed by atoms with Crippen molar-refractivity contribution in [3.8, 4) is 16.9 Å². The van der Waals surface area contributed by atoms with Crippen LogP contribution in [0.5, 0.6) is 5.75 Å². The van der Waals surface area contributed by atoms with Gasteiger partial charge in [-0.25, -0.2) is 19.7 Å². The van der Waals surface area contributed by atoms with Crippen molar-refractivity contribution in [2.45, 2.75) is 76.4 Å². The second-order valence-electron chi connectivity index (χ2n) is 13.9. The molecular formula is C37H48N6O5. The molecule has 11 nitrogen and oxygen atoms in total. The summed E-state index contributed by atoms with van der Waals surface area (Å²) in [5.41, 5.74) is 4.29. The molecule has 3 aromatic rings. The van der Waals surface area contributed by atoms with Gasteiger partial charge >= 0.3 is 6.09 Å². The lowest BCUT2D eigenvalue weighted by Crippen LogP contribution is -2.54. The van der Waals surface area contributed by atoms with E-state index in [1.54, 1.807) is 25.7 Å². The molecule has 0 unspecified atom stereocenters. The number of anilines is 2. The minimum atomic E-state index is -0.462. The van der Waals surface area contributed by atoms with Gasteiger partial charge in [0.25, 0.3) is 0 Å². The van der Waals surface area contributed by atoms with E-state index in [1.165, 1.54) is 10.5 Å². The maximum absolute atomic E-state index is 14.4. The zero-order valence-corrected chi connectivity index (χ0v) is 28.5. The zero-order valence-electron chi connectivity index (χ0n) is 28.5. The van der Waals surface area contributed by atoms with Crippen molar-refractivity contribution in [2.75, 3.05) is 50.6 Å². The molecule has 6 rings (SSSR count). The molecule has 0 bridgehead atoms. The lowest BCUT2D eigenvalue weighted by atomic mass is 9.78. The Morgan fingerprint density at radius 2 is 1.62 bits per heavy atom. The molecule has 1 aromatic carbocycles. The number of aryl methyl sites for hydroxylation is 1. The fourth-order valence-electron chi connectivity index (χ4n) is 7.30. The summed E-state index contributed by atoms with van der Waals surface area (Å²) in [4.78, 5) is 45.8. The molecule has 3 heterocycles. The lowest BCUT2D eigenvalue weighted by Gasteiger charge is -2.38. The largest absolute Gasteiger partial charge is 0.496 e. The maximum Gasteiger partial charge on any atom is 0.410 e. The maximum atomic E-state index is 14.4. The number of hydrogen-bond acceptors (Lipinski definition) is 9. The molecule has 3 fully saturated rings. The number of ether oxygens (including phenoxy) is 2. The number of likely N-dealkylation sites (tertiary alicyclic amines) is 1. The normalized spacial score (nSPS) is 22.8. The molecule has 1 saturated heterocycles. The van der Waals surface area contributed by atoms with Crippen molar-refractivity contribution in [3.05, 3.63) is 60.0 Å². The summed E-state index contributed by atoms with van der Waals surface area (Å²) < 4.78 is 11.2. The first-order valence-corrected chi connectivity index (χ1v) is 17.2. The number of β-amino-alcohol motifs (C(OH)–C–C–N with tert-alkyl or cyclic N) is 1. The van der Waals surface area contributed by atoms with Crippen LogP contribution in [-0.4, -0.2) is 90.0 Å². The average Bonchev–Trinajstić information content (AvgIpc) is 3.09. The van der Waals surface area contributed by atoms with E-state index in [0.717, 1.165) is 48.1 Å². The first-order chi connectivity index (χ1) is 23.2. The second kappa shape index (κ2) is 14.9. The minimum absolute atomic E-state index is 0.0856. The van der Waals surface area contributed by atoms with Crippen LogP contribution in [-0.2, 0) is 9.53 Å². The van der Waals surface area contributed by atoms with Crippen molar-refractivity contribution < 1.29 is 24.2 Å². The standard InChI is InChI=1S/C37H48N6O5/c1-24-17-28(11-14-33(24)47-4)26-7-5-25(6-8-26)21-43(34-18-29(15-16-38-34)30-19-39-36(40-20-30)41(2)3)35(45)27-9-12-32(13-10-27)48-37(46)42-22-31(44)23-42/h11,14-20,25-27,31-32,44H,5-10,12-13,21-23H2,1-4H3/t25-,26-,27-,32-. The van der Waals surface area contributed by atoms with Crippen LogP contribution in [0.2, 0.25) is 0 Å². The summed E-state index contributed by atoms with van der Waals surface area (Å²) in [5, 5.41) is 9.53. The Kier molecular flexibility index (Phi) is 10.4. The van der Waals surface area contributed by atoms with Gasteiger partial charge in [0.15, 0.2) is 0 Å². The molecule has 0 radical (unpaired) electrons. The van der Waals surface area contributed by atoms with Crippen LogP contribution in [0.15, 0.2) is 48.9 Å². The van der Waals surface area contributed by atoms with Gasteiger partial charge in [-0.3, -0.25) is 9.69 Å². The number of hydrogen-bond donors (Lipinski definition) is 1. The van der Waals surface area contributed by atoms with Crippen LogP contribution < -0.4 is 14.5 Å². The van der Waals surface area contributed by atoms with E-state index in [0.29, 0.717) is 68.9 Å². The second-order valence-corrected chi connectivity index (χ2v) is 13.9. The third kappa shape index (κ3) is 7.72. The number of benzene rings is 1. The molecule has 3 aliphatic rings. The number of amides is 2. The molecule has 0 atom stereocenters. The molecule has 2 aliphatic carbocycles. The van der Waals surface area contributed by atoms with E-state index < -0.39 is 6.10 Å². The van der Waals surface area contributed by atoms with E-state index in [9.17, 15) is 14.7 Å². The molecule has 2 aromatic heterocycles. The number of aliphatic hydroxyl groups is 1. The Balaban J connectivity index is 1.15. The molecule has 2 saturated carbocycles. The van der Waals surface area contributed by atoms with Gasteiger partial charge in [-0.05, 0) is 105 Å². The van der Waals surface area contributed by atoms with Crippen molar-refractivity contribution in [1.29, 1.82) is 0 Å². The molecule has 2 amide bonds. The van der Waals surface area contributed by atoms with Gasteiger partial charge in [0.1, 0.15) is 17.7 Å². The summed E-state index contributed by atoms with van der Waals surface area (Å²) in [6.07, 6.45) is 11.1. The third-order valence-corrected chi connectivity index (χ3v) is 10.2. The Hall–Kier alpha value is -4.25. The number of aliphatic hydroxyl groups excluding tert-OH is 1. The number of nitrogens with zero attached hydrogens (tertiary/aromatic N) is 6. The summed E-state index contributed by atoms with van der Waals surface area (Å²) >= 11 is 0. The van der Waals surface area contributed by atoms with E-state index in [1.807, 2.05) is 36.0 Å². The predicted octanol–water partition coefficient (Wildman–Crippen LogP) is 5.60. The smallest absolute Gasteiger partial charge is 0.410 e. The SMILES string of the molecule is COc1ccc([C@H]2CC[C@H](CN(c3cc(-c4cnc(N(C)C)nc4)ccn3)C(=O)[C@H]3CC[C@H](OC(=O)N4CC(O)C4)CC3)CC2)cc1C. The lowest BCUT2D eigenvalue weighted by molar-refractivity contribution is -0.124. The molecule has 48 heavy (non-hydrogen) atoms. The number of carbonyl (C=O) groups excluding carboxylic acids is 2. The van der Waals surface area contributed by atoms with E-state index in [4.69, 9.17) is 14.5 Å². The number of carbonyl (C=O) groups is 2. The van der Waals surface area contributed by atoms with Gasteiger partial charge in [0, 0.05) is 50.7 Å². The highest BCUT2D eigenvalue weighted by molar-refractivity contribution is 5.94. The Morgan fingerprint density at radius 3 is 2.25 bits per heavy atom. The first kappa shape index (κ1) is 33.6. The van der Waals surface area contributed by atoms with Gasteiger partial charge in [0.05, 0.1) is 26.3 Å². The van der Waals surface area contributed by atoms with E-state index >= 15 is 0 Å². The Morgan fingerprint density at radius 1 is 0.917 bits per heavy atom. The average molecular weight is 657 g/mol. The van der Waals surface area contributed by atoms with Crippen molar-refractivity contribution in [3.63, 3.8) is 0 Å². The van der Waals surface area contributed by atoms with Gasteiger partial charge < -0.3 is 24.4 Å². The van der Waals surface area contributed by atoms with Gasteiger partial charge in [-0.2, -0.15) is 0 Å². The van der Waals surface area contributed by atoms with Crippen molar-refractivity contribution in [2.24, 2.45) is 11.8 Å². The quantitative estimate of drug-likeness (QED) is 0.314. The molecular weight excluding hydrogens is 608 g/mol. The number of aromatic nitrogens is 3. The van der Waals surface area contributed by atoms with Crippen LogP contribution in [0, 0.1) is 18.8 Å². The van der Waals surface area contributed by atoms with Crippen molar-refractivity contribution in [1.82, 2.24) is 19.9 Å². The van der Waals surface area contributed by atoms with Crippen LogP contribution >= 0.6 is 0 Å². The monoisotopic (exact) mass is 656 g/mol. The van der Waals surface area contributed by atoms with E-state index in [2.05, 4.69) is 35.1 Å². The number of methoxy groups -OCH3 is 1. The number of pyridine rings is 1. The number of rotatable bonds is 9. The molecule has 0 spiro atoms. The molecule has 11 heteroatoms. The zero-order chi connectivity index (χ0) is 33.8. The molecule has 1 N–H and O–H groups in total. The summed E-state index contributed by atoms with van der Waals surface area (Å²) in [6, 6.07) is 10.4. The predicted molar refractivity (Wildman–Crippen MR) is 184 cm³/mol. The van der Waals surface area contributed by atoms with Crippen LogP contribution in [0.4, 0.5) is 16.6 Å². The van der Waals surface area contributed by atoms with Crippen LogP contribution in [0.3, 0.4) is 0 Å². The summed E-state index contributed by atoms with van der Waals surface area (Å²) in [7, 11) is 5.52. The molecule has 1 aliphatic heterocycles. The van der Waals surface area contributed by atoms with Crippen LogP contribution in [0.1, 0.15) is 68.4 Å². The third-order valence-electron chi connectivity index (χ3n) is 10.2. The van der Waals surface area contributed by atoms with Crippen molar-refractivity contribution >= 4 is 23.8 Å². The van der Waals surface area contributed by atoms with Crippen LogP contribution in [0.25, 0.3) is 11.1 Å². The fourth-order valence-corrected chi connectivity index (χ4v) is 7.30. The molecule has 256 valence electrons. The Labute approximate surface area is 283 Å². The first-order valence-electron chi connectivity index (χ1n) is 17.2. The highest BCUT2D eigenvalue weighted by atomic mass is 16.6. The topological polar surface area (TPSA) is 121 Å². The Bertz CT molecular complexity index is 1560. The van der Waals surface area contributed by atoms with E-state index in [-0.39, 0.29) is 24.0 Å². The van der Waals surface area contributed by atoms with Gasteiger partial charge in [-0.15, -0.1) is 0 Å². The summed E-state index contributed by atoms with van der Waals surface area (Å²) in [6.45, 7) is 3.35. The van der Waals surface area contributed by atoms with Gasteiger partial charge in [-0.1, -0.05) is 12.1 Å². The fraction of sp³-hybridized carbons (Fsp3) is 0.541. The highest BCUT2D eigenvalue weighted by Gasteiger charge is 2.36. The highest BCUT2D eigenvalue weighted by Crippen LogP contribution is 2.39. The minimum Gasteiger partial charge on any atom is -0.496 e.